The number of anilines is 4. The number of nitrogens with two attached hydrogens (primary N) is 3. The van der Waals surface area contributed by atoms with Crippen LogP contribution in [0.15, 0.2) is 165 Å². The summed E-state index contributed by atoms with van der Waals surface area (Å²) in [5, 5.41) is 11.2. The van der Waals surface area contributed by atoms with Gasteiger partial charge in [-0.1, -0.05) is 35.4 Å². The van der Waals surface area contributed by atoms with Gasteiger partial charge in [-0.05, 0) is 135 Å². The molecular weight excluding hydrogens is 713 g/mol. The van der Waals surface area contributed by atoms with Crippen molar-refractivity contribution in [1.82, 2.24) is 0 Å². The van der Waals surface area contributed by atoms with Crippen LogP contribution in [0.25, 0.3) is 0 Å². The second-order valence-corrected chi connectivity index (χ2v) is 15.6. The Morgan fingerprint density at radius 2 is 0.736 bits per heavy atom. The second kappa shape index (κ2) is 17.2. The van der Waals surface area contributed by atoms with Crippen molar-refractivity contribution in [2.45, 2.75) is 33.4 Å². The van der Waals surface area contributed by atoms with E-state index in [0.29, 0.717) is 33.9 Å². The summed E-state index contributed by atoms with van der Waals surface area (Å²) in [7, 11) is -7.11. The van der Waals surface area contributed by atoms with E-state index in [1.165, 1.54) is 48.5 Å². The number of sulfone groups is 2. The topological polar surface area (TPSA) is 213 Å². The Kier molecular flexibility index (Phi) is 12.8. The maximum atomic E-state index is 12.6. The molecule has 0 aromatic heterocycles. The van der Waals surface area contributed by atoms with Crippen molar-refractivity contribution < 1.29 is 31.5 Å². The number of benzene rings is 6. The molecule has 6 aromatic carbocycles. The highest BCUT2D eigenvalue weighted by Gasteiger charge is 2.18. The molecule has 11 nitrogen and oxygen atoms in total. The van der Waals surface area contributed by atoms with Gasteiger partial charge < -0.3 is 27.6 Å². The van der Waals surface area contributed by atoms with E-state index < -0.39 is 25.6 Å². The molecule has 53 heavy (non-hydrogen) atoms. The van der Waals surface area contributed by atoms with Crippen LogP contribution in [0.4, 0.5) is 22.7 Å². The minimum atomic E-state index is -3.63. The van der Waals surface area contributed by atoms with Gasteiger partial charge in [-0.2, -0.15) is 0 Å². The molecule has 0 radical (unpaired) electrons. The Morgan fingerprint density at radius 1 is 0.453 bits per heavy atom. The Balaban J connectivity index is 0.000000198. The van der Waals surface area contributed by atoms with Crippen LogP contribution in [0.2, 0.25) is 0 Å². The summed E-state index contributed by atoms with van der Waals surface area (Å²) in [4.78, 5) is 23.3. The smallest absolute Gasteiger partial charge is 0.335 e. The van der Waals surface area contributed by atoms with Crippen LogP contribution >= 0.6 is 0 Å². The zero-order chi connectivity index (χ0) is 38.8. The molecular formula is C40H38N4O7S2. The molecule has 0 unspecified atom stereocenters. The number of hydrogen-bond donors (Lipinski definition) is 5. The number of hydrogen-bond acceptors (Lipinski definition) is 9. The van der Waals surface area contributed by atoms with E-state index in [-0.39, 0.29) is 25.5 Å². The standard InChI is InChI=1S/C20H18N2O3S.C12H12N2O2S.C8H8O2/c1-14-2-4-15(5-3-14)20(23)22-17-8-12-19(13-9-17)26(24,25)18-10-6-16(21)7-11-18;13-9-1-5-11(6-2-9)17(15,16)12-7-3-10(14)4-8-12;1-6-2-4-7(5-3-6)8(9)10/h2-13H,21H2,1H3,(H,22,23);1-8H,13-14H2;2-5H,1H3,(H,9,10). The van der Waals surface area contributed by atoms with Gasteiger partial charge in [0, 0.05) is 28.3 Å². The normalized spacial score (nSPS) is 10.8. The average Bonchev–Trinajstić information content (AvgIpc) is 3.13. The van der Waals surface area contributed by atoms with Crippen LogP contribution < -0.4 is 22.5 Å². The molecule has 13 heteroatoms. The summed E-state index contributed by atoms with van der Waals surface area (Å²) in [5.41, 5.74) is 21.7. The van der Waals surface area contributed by atoms with Crippen LogP contribution in [-0.2, 0) is 19.7 Å². The van der Waals surface area contributed by atoms with Gasteiger partial charge in [0.1, 0.15) is 0 Å². The van der Waals surface area contributed by atoms with Gasteiger partial charge in [0.05, 0.1) is 25.1 Å². The average molecular weight is 751 g/mol. The lowest BCUT2D eigenvalue weighted by Crippen LogP contribution is -2.12. The number of carboxylic acid groups (broad SMARTS) is 1. The molecule has 6 rings (SSSR count). The van der Waals surface area contributed by atoms with Crippen molar-refractivity contribution in [1.29, 1.82) is 0 Å². The van der Waals surface area contributed by atoms with Gasteiger partial charge in [0.25, 0.3) is 5.91 Å². The van der Waals surface area contributed by atoms with Crippen molar-refractivity contribution >= 4 is 54.3 Å². The summed E-state index contributed by atoms with van der Waals surface area (Å²) >= 11 is 0. The summed E-state index contributed by atoms with van der Waals surface area (Å²) in [6.07, 6.45) is 0. The first-order valence-electron chi connectivity index (χ1n) is 15.9. The summed E-state index contributed by atoms with van der Waals surface area (Å²) < 4.78 is 49.6. The van der Waals surface area contributed by atoms with Crippen LogP contribution in [0.5, 0.6) is 0 Å². The lowest BCUT2D eigenvalue weighted by Gasteiger charge is -2.08. The van der Waals surface area contributed by atoms with E-state index in [0.717, 1.165) is 11.1 Å². The molecule has 0 aliphatic heterocycles. The minimum Gasteiger partial charge on any atom is -0.478 e. The third-order valence-corrected chi connectivity index (χ3v) is 11.2. The van der Waals surface area contributed by atoms with E-state index in [1.807, 2.05) is 26.0 Å². The molecule has 0 atom stereocenters. The fraction of sp³-hybridized carbons (Fsp3) is 0.0500. The molecule has 0 spiro atoms. The van der Waals surface area contributed by atoms with Crippen molar-refractivity contribution in [3.8, 4) is 0 Å². The quantitative estimate of drug-likeness (QED) is 0.105. The molecule has 0 saturated heterocycles. The number of nitrogens with one attached hydrogen (secondary N) is 1. The van der Waals surface area contributed by atoms with E-state index in [2.05, 4.69) is 5.32 Å². The van der Waals surface area contributed by atoms with Gasteiger partial charge in [0.2, 0.25) is 19.7 Å². The number of carboxylic acids is 1. The highest BCUT2D eigenvalue weighted by Crippen LogP contribution is 2.24. The number of nitrogen functional groups attached to an aromatic ring is 3. The number of carbonyl (C=O) groups is 2. The second-order valence-electron chi connectivity index (χ2n) is 11.7. The van der Waals surface area contributed by atoms with Crippen LogP contribution in [-0.4, -0.2) is 33.8 Å². The summed E-state index contributed by atoms with van der Waals surface area (Å²) in [5.74, 6) is -1.13. The Morgan fingerprint density at radius 3 is 1.04 bits per heavy atom. The van der Waals surface area contributed by atoms with Crippen molar-refractivity contribution in [2.75, 3.05) is 22.5 Å². The first-order chi connectivity index (χ1) is 25.1. The highest BCUT2D eigenvalue weighted by molar-refractivity contribution is 7.91. The van der Waals surface area contributed by atoms with E-state index in [9.17, 15) is 26.4 Å². The van der Waals surface area contributed by atoms with Gasteiger partial charge in [-0.3, -0.25) is 4.79 Å². The Bertz CT molecular complexity index is 2330. The molecule has 1 amide bonds. The highest BCUT2D eigenvalue weighted by atomic mass is 32.2. The first-order valence-corrected chi connectivity index (χ1v) is 18.9. The van der Waals surface area contributed by atoms with Crippen molar-refractivity contribution in [3.63, 3.8) is 0 Å². The first kappa shape index (κ1) is 39.3. The zero-order valence-electron chi connectivity index (χ0n) is 28.8. The van der Waals surface area contributed by atoms with Gasteiger partial charge in [-0.15, -0.1) is 0 Å². The number of carbonyl (C=O) groups excluding carboxylic acids is 1. The van der Waals surface area contributed by atoms with Crippen LogP contribution in [0.1, 0.15) is 31.8 Å². The van der Waals surface area contributed by atoms with Gasteiger partial charge in [-0.25, -0.2) is 21.6 Å². The molecule has 0 bridgehead atoms. The van der Waals surface area contributed by atoms with Gasteiger partial charge in [0.15, 0.2) is 0 Å². The van der Waals surface area contributed by atoms with Crippen molar-refractivity contribution in [3.05, 3.63) is 168 Å². The number of rotatable bonds is 7. The lowest BCUT2D eigenvalue weighted by molar-refractivity contribution is 0.0696. The predicted molar refractivity (Wildman–Crippen MR) is 207 cm³/mol. The maximum Gasteiger partial charge on any atom is 0.335 e. The maximum absolute atomic E-state index is 12.6. The molecule has 0 fully saturated rings. The summed E-state index contributed by atoms with van der Waals surface area (Å²) in [6.45, 7) is 3.87. The predicted octanol–water partition coefficient (Wildman–Crippen LogP) is 7.04. The van der Waals surface area contributed by atoms with E-state index in [1.54, 1.807) is 84.9 Å². The fourth-order valence-electron chi connectivity index (χ4n) is 4.53. The van der Waals surface area contributed by atoms with Gasteiger partial charge >= 0.3 is 5.97 Å². The molecule has 0 aliphatic rings. The Hall–Kier alpha value is -6.44. The van der Waals surface area contributed by atoms with E-state index >= 15 is 0 Å². The third-order valence-electron chi connectivity index (χ3n) is 7.61. The fourth-order valence-corrected chi connectivity index (χ4v) is 7.06. The van der Waals surface area contributed by atoms with Crippen molar-refractivity contribution in [2.24, 2.45) is 0 Å². The number of aromatic carboxylic acids is 1. The molecule has 0 aliphatic carbocycles. The molecule has 0 heterocycles. The molecule has 0 saturated carbocycles. The SMILES string of the molecule is Cc1ccc(C(=O)Nc2ccc(S(=O)(=O)c3ccc(N)cc3)cc2)cc1.Cc1ccc(C(=O)O)cc1.Nc1ccc(S(=O)(=O)c2ccc(N)cc2)cc1. The van der Waals surface area contributed by atoms with Crippen LogP contribution in [0, 0.1) is 13.8 Å². The van der Waals surface area contributed by atoms with E-state index in [4.69, 9.17) is 22.3 Å². The number of aryl methyl sites for hydroxylation is 2. The lowest BCUT2D eigenvalue weighted by atomic mass is 10.1. The molecule has 6 aromatic rings. The molecule has 272 valence electrons. The summed E-state index contributed by atoms with van der Waals surface area (Å²) in [6, 6.07) is 38.2. The third kappa shape index (κ3) is 10.8. The molecule has 8 N–H and O–H groups in total. The minimum absolute atomic E-state index is 0.149. The zero-order valence-corrected chi connectivity index (χ0v) is 30.4. The largest absolute Gasteiger partial charge is 0.478 e. The number of amides is 1. The monoisotopic (exact) mass is 750 g/mol. The van der Waals surface area contributed by atoms with Crippen LogP contribution in [0.3, 0.4) is 0 Å². The Labute approximate surface area is 308 Å².